The monoisotopic (exact) mass is 382 g/mol. The van der Waals surface area contributed by atoms with Crippen LogP contribution in [0.25, 0.3) is 0 Å². The van der Waals surface area contributed by atoms with Crippen LogP contribution >= 0.6 is 0 Å². The highest BCUT2D eigenvalue weighted by atomic mass is 16.5. The number of benzene rings is 2. The fourth-order valence-corrected chi connectivity index (χ4v) is 3.13. The number of rotatable bonds is 6. The number of para-hydroxylation sites is 1. The maximum Gasteiger partial charge on any atom is 0.340 e. The lowest BCUT2D eigenvalue weighted by Gasteiger charge is -2.19. The summed E-state index contributed by atoms with van der Waals surface area (Å²) in [5.74, 6) is -0.751. The molecule has 0 aliphatic carbocycles. The summed E-state index contributed by atoms with van der Waals surface area (Å²) in [7, 11) is 1.57. The summed E-state index contributed by atoms with van der Waals surface area (Å²) in [4.78, 5) is 38.8. The smallest absolute Gasteiger partial charge is 0.340 e. The third-order valence-corrected chi connectivity index (χ3v) is 4.54. The van der Waals surface area contributed by atoms with Crippen LogP contribution in [0.4, 0.5) is 11.4 Å². The van der Waals surface area contributed by atoms with Gasteiger partial charge in [0.25, 0.3) is 0 Å². The van der Waals surface area contributed by atoms with E-state index in [1.165, 1.54) is 4.90 Å². The van der Waals surface area contributed by atoms with E-state index < -0.39 is 11.9 Å². The van der Waals surface area contributed by atoms with Gasteiger partial charge < -0.3 is 19.7 Å². The molecule has 0 radical (unpaired) electrons. The van der Waals surface area contributed by atoms with Crippen LogP contribution < -0.4 is 15.0 Å². The average Bonchev–Trinajstić information content (AvgIpc) is 3.10. The number of methoxy groups -OCH3 is 1. The minimum Gasteiger partial charge on any atom is -0.497 e. The van der Waals surface area contributed by atoms with E-state index in [1.54, 1.807) is 62.6 Å². The molecule has 1 heterocycles. The number of amides is 2. The predicted octanol–water partition coefficient (Wildman–Crippen LogP) is 2.86. The second-order valence-electron chi connectivity index (χ2n) is 6.36. The van der Waals surface area contributed by atoms with Crippen molar-refractivity contribution in [1.82, 2.24) is 0 Å². The third kappa shape index (κ3) is 4.14. The van der Waals surface area contributed by atoms with Crippen molar-refractivity contribution in [2.75, 3.05) is 30.5 Å². The molecule has 1 aliphatic heterocycles. The first-order valence-corrected chi connectivity index (χ1v) is 9.05. The molecule has 0 saturated carbocycles. The molecule has 1 N–H and O–H groups in total. The molecule has 1 saturated heterocycles. The van der Waals surface area contributed by atoms with E-state index in [2.05, 4.69) is 5.32 Å². The fourth-order valence-electron chi connectivity index (χ4n) is 3.13. The van der Waals surface area contributed by atoms with Crippen molar-refractivity contribution in [2.45, 2.75) is 13.3 Å². The lowest BCUT2D eigenvalue weighted by Crippen LogP contribution is -2.29. The van der Waals surface area contributed by atoms with Gasteiger partial charge in [-0.1, -0.05) is 12.1 Å². The normalized spacial score (nSPS) is 16.0. The molecule has 1 fully saturated rings. The summed E-state index contributed by atoms with van der Waals surface area (Å²) in [6.45, 7) is 2.17. The highest BCUT2D eigenvalue weighted by Gasteiger charge is 2.36. The van der Waals surface area contributed by atoms with E-state index in [0.717, 1.165) is 0 Å². The first-order chi connectivity index (χ1) is 13.5. The average molecular weight is 382 g/mol. The second kappa shape index (κ2) is 8.56. The standard InChI is InChI=1S/C21H22N2O5/c1-3-28-21(26)17-6-4-5-7-18(17)23-13-14(12-19(23)24)20(25)22-15-8-10-16(27-2)11-9-15/h4-11,14H,3,12-13H2,1-2H3,(H,22,25). The lowest BCUT2D eigenvalue weighted by atomic mass is 10.1. The zero-order chi connectivity index (χ0) is 20.1. The number of hydrogen-bond donors (Lipinski definition) is 1. The molecular formula is C21H22N2O5. The van der Waals surface area contributed by atoms with Crippen molar-refractivity contribution in [3.05, 3.63) is 54.1 Å². The molecule has 0 bridgehead atoms. The number of nitrogens with one attached hydrogen (secondary N) is 1. The van der Waals surface area contributed by atoms with Gasteiger partial charge in [0.2, 0.25) is 11.8 Å². The van der Waals surface area contributed by atoms with Gasteiger partial charge in [-0.2, -0.15) is 0 Å². The summed E-state index contributed by atoms with van der Waals surface area (Å²) in [6, 6.07) is 13.7. The molecular weight excluding hydrogens is 360 g/mol. The van der Waals surface area contributed by atoms with Gasteiger partial charge >= 0.3 is 5.97 Å². The second-order valence-corrected chi connectivity index (χ2v) is 6.36. The molecule has 2 amide bonds. The maximum atomic E-state index is 12.6. The van der Waals surface area contributed by atoms with Crippen molar-refractivity contribution >= 4 is 29.2 Å². The fraction of sp³-hybridized carbons (Fsp3) is 0.286. The molecule has 2 aromatic rings. The first kappa shape index (κ1) is 19.4. The SMILES string of the molecule is CCOC(=O)c1ccccc1N1CC(C(=O)Nc2ccc(OC)cc2)CC1=O. The van der Waals surface area contributed by atoms with E-state index in [1.807, 2.05) is 0 Å². The summed E-state index contributed by atoms with van der Waals surface area (Å²) in [6.07, 6.45) is 0.0825. The zero-order valence-corrected chi connectivity index (χ0v) is 15.8. The van der Waals surface area contributed by atoms with Crippen molar-refractivity contribution < 1.29 is 23.9 Å². The van der Waals surface area contributed by atoms with E-state index in [4.69, 9.17) is 9.47 Å². The molecule has 1 atom stereocenters. The number of carbonyl (C=O) groups is 3. The third-order valence-electron chi connectivity index (χ3n) is 4.54. The molecule has 1 unspecified atom stereocenters. The molecule has 146 valence electrons. The van der Waals surface area contributed by atoms with E-state index in [0.29, 0.717) is 22.7 Å². The minimum atomic E-state index is -0.509. The molecule has 2 aromatic carbocycles. The largest absolute Gasteiger partial charge is 0.497 e. The van der Waals surface area contributed by atoms with Crippen LogP contribution in [0.2, 0.25) is 0 Å². The van der Waals surface area contributed by atoms with Gasteiger partial charge in [0, 0.05) is 18.7 Å². The van der Waals surface area contributed by atoms with E-state index >= 15 is 0 Å². The predicted molar refractivity (Wildman–Crippen MR) is 104 cm³/mol. The Balaban J connectivity index is 1.73. The summed E-state index contributed by atoms with van der Waals surface area (Å²) in [5.41, 5.74) is 1.41. The Labute approximate surface area is 163 Å². The summed E-state index contributed by atoms with van der Waals surface area (Å²) in [5, 5.41) is 2.82. The van der Waals surface area contributed by atoms with E-state index in [-0.39, 0.29) is 31.4 Å². The molecule has 0 aromatic heterocycles. The molecule has 1 aliphatic rings. The van der Waals surface area contributed by atoms with Gasteiger partial charge in [0.15, 0.2) is 0 Å². The number of nitrogens with zero attached hydrogens (tertiary/aromatic N) is 1. The van der Waals surface area contributed by atoms with Crippen LogP contribution in [0.5, 0.6) is 5.75 Å². The number of anilines is 2. The number of carbonyl (C=O) groups excluding carboxylic acids is 3. The van der Waals surface area contributed by atoms with Crippen molar-refractivity contribution in [3.8, 4) is 5.75 Å². The summed E-state index contributed by atoms with van der Waals surface area (Å²) >= 11 is 0. The van der Waals surface area contributed by atoms with Crippen molar-refractivity contribution in [3.63, 3.8) is 0 Å². The van der Waals surface area contributed by atoms with Gasteiger partial charge in [0.1, 0.15) is 5.75 Å². The Morgan fingerprint density at radius 1 is 1.14 bits per heavy atom. The molecule has 7 nitrogen and oxygen atoms in total. The maximum absolute atomic E-state index is 12.6. The topological polar surface area (TPSA) is 84.9 Å². The Bertz CT molecular complexity index is 879. The Morgan fingerprint density at radius 3 is 2.54 bits per heavy atom. The number of ether oxygens (including phenoxy) is 2. The van der Waals surface area contributed by atoms with Crippen LogP contribution in [-0.2, 0) is 14.3 Å². The van der Waals surface area contributed by atoms with Crippen LogP contribution in [0.3, 0.4) is 0 Å². The molecule has 0 spiro atoms. The minimum absolute atomic E-state index is 0.0825. The van der Waals surface area contributed by atoms with Crippen LogP contribution in [-0.4, -0.2) is 38.0 Å². The Morgan fingerprint density at radius 2 is 1.86 bits per heavy atom. The number of esters is 1. The van der Waals surface area contributed by atoms with Crippen LogP contribution in [0, 0.1) is 5.92 Å². The molecule has 28 heavy (non-hydrogen) atoms. The van der Waals surface area contributed by atoms with E-state index in [9.17, 15) is 14.4 Å². The van der Waals surface area contributed by atoms with Crippen molar-refractivity contribution in [1.29, 1.82) is 0 Å². The van der Waals surface area contributed by atoms with Crippen LogP contribution in [0.1, 0.15) is 23.7 Å². The molecule has 3 rings (SSSR count). The Kier molecular flexibility index (Phi) is 5.93. The summed E-state index contributed by atoms with van der Waals surface area (Å²) < 4.78 is 10.2. The van der Waals surface area contributed by atoms with Gasteiger partial charge in [0.05, 0.1) is 30.9 Å². The van der Waals surface area contributed by atoms with Crippen LogP contribution in [0.15, 0.2) is 48.5 Å². The van der Waals surface area contributed by atoms with Gasteiger partial charge in [-0.05, 0) is 43.3 Å². The zero-order valence-electron chi connectivity index (χ0n) is 15.8. The highest BCUT2D eigenvalue weighted by molar-refractivity contribution is 6.07. The van der Waals surface area contributed by atoms with Gasteiger partial charge in [-0.15, -0.1) is 0 Å². The number of hydrogen-bond acceptors (Lipinski definition) is 5. The first-order valence-electron chi connectivity index (χ1n) is 9.05. The quantitative estimate of drug-likeness (QED) is 0.777. The molecule has 7 heteroatoms. The lowest BCUT2D eigenvalue weighted by molar-refractivity contribution is -0.122. The highest BCUT2D eigenvalue weighted by Crippen LogP contribution is 2.29. The van der Waals surface area contributed by atoms with Gasteiger partial charge in [-0.3, -0.25) is 9.59 Å². The van der Waals surface area contributed by atoms with Crippen molar-refractivity contribution in [2.24, 2.45) is 5.92 Å². The van der Waals surface area contributed by atoms with Gasteiger partial charge in [-0.25, -0.2) is 4.79 Å². The Hall–Kier alpha value is -3.35.